The van der Waals surface area contributed by atoms with Gasteiger partial charge in [-0.3, -0.25) is 23.7 Å². The van der Waals surface area contributed by atoms with Crippen molar-refractivity contribution >= 4 is 29.1 Å². The highest BCUT2D eigenvalue weighted by atomic mass is 16.6. The Bertz CT molecular complexity index is 967. The van der Waals surface area contributed by atoms with Crippen LogP contribution < -0.4 is 5.56 Å². The number of aromatic nitrogens is 4. The molecule has 12 heteroatoms. The number of ether oxygens (including phenoxy) is 4. The predicted molar refractivity (Wildman–Crippen MR) is 89.8 cm³/mol. The van der Waals surface area contributed by atoms with Crippen LogP contribution in [0.5, 0.6) is 0 Å². The quantitative estimate of drug-likeness (QED) is 0.528. The third-order valence-corrected chi connectivity index (χ3v) is 3.96. The molecule has 1 saturated heterocycles. The zero-order valence-corrected chi connectivity index (χ0v) is 15.3. The fourth-order valence-electron chi connectivity index (χ4n) is 3.01. The highest BCUT2D eigenvalue weighted by Gasteiger charge is 2.48. The maximum Gasteiger partial charge on any atom is 0.303 e. The molecule has 0 bridgehead atoms. The molecule has 3 rings (SSSR count). The summed E-state index contributed by atoms with van der Waals surface area (Å²) in [6.07, 6.45) is -1.85. The number of esters is 3. The minimum Gasteiger partial charge on any atom is -0.456 e. The Morgan fingerprint density at radius 1 is 1.07 bits per heavy atom. The molecule has 1 aliphatic heterocycles. The first kappa shape index (κ1) is 19.5. The van der Waals surface area contributed by atoms with E-state index in [1.807, 2.05) is 0 Å². The van der Waals surface area contributed by atoms with E-state index in [2.05, 4.69) is 15.0 Å². The van der Waals surface area contributed by atoms with E-state index in [1.54, 1.807) is 0 Å². The lowest BCUT2D eigenvalue weighted by molar-refractivity contribution is -0.239. The second-order valence-electron chi connectivity index (χ2n) is 6.08. The van der Waals surface area contributed by atoms with Crippen LogP contribution in [-0.4, -0.2) is 62.3 Å². The van der Waals surface area contributed by atoms with Crippen LogP contribution in [-0.2, 0) is 33.3 Å². The van der Waals surface area contributed by atoms with E-state index in [-0.39, 0.29) is 17.8 Å². The highest BCUT2D eigenvalue weighted by Crippen LogP contribution is 2.32. The van der Waals surface area contributed by atoms with Gasteiger partial charge < -0.3 is 23.9 Å². The summed E-state index contributed by atoms with van der Waals surface area (Å²) in [5, 5.41) is 0. The Hall–Kier alpha value is -3.28. The number of imidazole rings is 1. The van der Waals surface area contributed by atoms with Crippen molar-refractivity contribution in [3.63, 3.8) is 0 Å². The molecular weight excluding hydrogens is 376 g/mol. The van der Waals surface area contributed by atoms with Gasteiger partial charge in [0.25, 0.3) is 5.56 Å². The maximum absolute atomic E-state index is 11.9. The highest BCUT2D eigenvalue weighted by molar-refractivity contribution is 5.70. The van der Waals surface area contributed by atoms with Crippen molar-refractivity contribution in [1.82, 2.24) is 19.5 Å². The average molecular weight is 394 g/mol. The monoisotopic (exact) mass is 394 g/mol. The summed E-state index contributed by atoms with van der Waals surface area (Å²) < 4.78 is 22.9. The van der Waals surface area contributed by atoms with Crippen LogP contribution in [0, 0.1) is 0 Å². The molecule has 0 unspecified atom stereocenters. The molecule has 3 heterocycles. The Balaban J connectivity index is 2.05. The van der Waals surface area contributed by atoms with Gasteiger partial charge in [-0.2, -0.15) is 0 Å². The van der Waals surface area contributed by atoms with Crippen molar-refractivity contribution < 1.29 is 33.3 Å². The first-order valence-electron chi connectivity index (χ1n) is 8.31. The summed E-state index contributed by atoms with van der Waals surface area (Å²) >= 11 is 0. The van der Waals surface area contributed by atoms with E-state index < -0.39 is 48.0 Å². The van der Waals surface area contributed by atoms with Gasteiger partial charge in [0.2, 0.25) is 0 Å². The first-order chi connectivity index (χ1) is 13.3. The number of fused-ring (bicyclic) bond motifs is 1. The smallest absolute Gasteiger partial charge is 0.303 e. The van der Waals surface area contributed by atoms with E-state index >= 15 is 0 Å². The fraction of sp³-hybridized carbons (Fsp3) is 0.500. The van der Waals surface area contributed by atoms with E-state index in [1.165, 1.54) is 38.0 Å². The van der Waals surface area contributed by atoms with Crippen LogP contribution in [0.2, 0.25) is 0 Å². The summed E-state index contributed by atoms with van der Waals surface area (Å²) in [5.41, 5.74) is -0.227. The topological polar surface area (TPSA) is 152 Å². The summed E-state index contributed by atoms with van der Waals surface area (Å²) in [6, 6.07) is 0. The van der Waals surface area contributed by atoms with Crippen molar-refractivity contribution in [3.05, 3.63) is 23.0 Å². The zero-order valence-electron chi connectivity index (χ0n) is 15.3. The van der Waals surface area contributed by atoms with Crippen molar-refractivity contribution in [3.8, 4) is 0 Å². The average Bonchev–Trinajstić information content (AvgIpc) is 3.02. The summed E-state index contributed by atoms with van der Waals surface area (Å²) in [4.78, 5) is 57.1. The molecule has 0 saturated carbocycles. The molecule has 0 radical (unpaired) electrons. The Morgan fingerprint density at radius 3 is 2.36 bits per heavy atom. The number of nitrogens with zero attached hydrogens (tertiary/aromatic N) is 3. The van der Waals surface area contributed by atoms with E-state index in [0.717, 1.165) is 0 Å². The van der Waals surface area contributed by atoms with Crippen LogP contribution in [0.1, 0.15) is 27.0 Å². The lowest BCUT2D eigenvalue weighted by Crippen LogP contribution is -2.55. The molecule has 2 aromatic rings. The molecule has 1 aliphatic rings. The number of carbonyl (C=O) groups is 3. The zero-order chi connectivity index (χ0) is 20.4. The van der Waals surface area contributed by atoms with Gasteiger partial charge in [0.1, 0.15) is 0 Å². The number of aromatic amines is 1. The van der Waals surface area contributed by atoms with Crippen LogP contribution in [0.3, 0.4) is 0 Å². The van der Waals surface area contributed by atoms with Gasteiger partial charge >= 0.3 is 17.9 Å². The minimum absolute atomic E-state index is 0.0545. The number of hydrogen-bond donors (Lipinski definition) is 1. The van der Waals surface area contributed by atoms with Crippen LogP contribution in [0.25, 0.3) is 11.2 Å². The molecule has 0 amide bonds. The largest absolute Gasteiger partial charge is 0.456 e. The third-order valence-electron chi connectivity index (χ3n) is 3.96. The van der Waals surface area contributed by atoms with E-state index in [0.29, 0.717) is 0 Å². The van der Waals surface area contributed by atoms with E-state index in [9.17, 15) is 19.2 Å². The van der Waals surface area contributed by atoms with Crippen LogP contribution in [0.15, 0.2) is 17.4 Å². The molecule has 0 spiro atoms. The van der Waals surface area contributed by atoms with Crippen molar-refractivity contribution in [2.75, 3.05) is 6.61 Å². The van der Waals surface area contributed by atoms with Crippen molar-refractivity contribution in [2.24, 2.45) is 0 Å². The maximum atomic E-state index is 11.9. The normalized spacial score (nSPS) is 24.5. The van der Waals surface area contributed by atoms with Crippen molar-refractivity contribution in [2.45, 2.75) is 45.3 Å². The number of nitrogens with one attached hydrogen (secondary N) is 1. The number of carbonyl (C=O) groups excluding carboxylic acids is 3. The second kappa shape index (κ2) is 7.76. The van der Waals surface area contributed by atoms with Gasteiger partial charge in [-0.25, -0.2) is 9.97 Å². The van der Waals surface area contributed by atoms with E-state index in [4.69, 9.17) is 18.9 Å². The van der Waals surface area contributed by atoms with Crippen LogP contribution in [0.4, 0.5) is 0 Å². The van der Waals surface area contributed by atoms with Gasteiger partial charge in [-0.05, 0) is 0 Å². The number of rotatable bonds is 4. The first-order valence-corrected chi connectivity index (χ1v) is 8.31. The van der Waals surface area contributed by atoms with Gasteiger partial charge in [0.05, 0.1) is 19.3 Å². The van der Waals surface area contributed by atoms with Gasteiger partial charge in [0, 0.05) is 20.8 Å². The molecule has 1 N–H and O–H groups in total. The van der Waals surface area contributed by atoms with Gasteiger partial charge in [0.15, 0.2) is 35.7 Å². The van der Waals surface area contributed by atoms with Gasteiger partial charge in [-0.15, -0.1) is 0 Å². The number of H-pyrrole nitrogens is 1. The molecular formula is C16H18N4O8. The van der Waals surface area contributed by atoms with Crippen molar-refractivity contribution in [1.29, 1.82) is 0 Å². The summed E-state index contributed by atoms with van der Waals surface area (Å²) in [6.45, 7) is 3.39. The molecule has 1 fully saturated rings. The lowest BCUT2D eigenvalue weighted by atomic mass is 10.0. The standard InChI is InChI=1S/C16H18N4O8/c1-7(21)26-10-4-25-16(13(28-9(3)23)12(10)27-8(2)22)20-6-19-11-14(20)17-5-18-15(11)24/h5-6,10,12-13,16H,4H2,1-3H3,(H,17,18,24)/t10-,12-,13-,16-/m1/s1. The second-order valence-corrected chi connectivity index (χ2v) is 6.08. The molecule has 0 aliphatic carbocycles. The lowest BCUT2D eigenvalue weighted by Gasteiger charge is -2.40. The Morgan fingerprint density at radius 2 is 1.71 bits per heavy atom. The Labute approximate surface area is 157 Å². The Kier molecular flexibility index (Phi) is 5.40. The van der Waals surface area contributed by atoms with Gasteiger partial charge in [-0.1, -0.05) is 0 Å². The molecule has 2 aromatic heterocycles. The minimum atomic E-state index is -1.18. The summed E-state index contributed by atoms with van der Waals surface area (Å²) in [7, 11) is 0. The molecule has 4 atom stereocenters. The molecule has 0 aromatic carbocycles. The summed E-state index contributed by atoms with van der Waals surface area (Å²) in [5.74, 6) is -1.95. The predicted octanol–water partition coefficient (Wildman–Crippen LogP) is -0.556. The number of hydrogen-bond acceptors (Lipinski definition) is 10. The molecule has 28 heavy (non-hydrogen) atoms. The van der Waals surface area contributed by atoms with Crippen LogP contribution >= 0.6 is 0 Å². The third kappa shape index (κ3) is 3.86. The molecule has 12 nitrogen and oxygen atoms in total. The fourth-order valence-corrected chi connectivity index (χ4v) is 3.01. The SMILES string of the molecule is CC(=O)O[C@@H]1[C@H](OC(C)=O)[C@H](OC(C)=O)CO[C@H]1n1cnc2c(=O)[nH]cnc21. The molecule has 150 valence electrons.